The van der Waals surface area contributed by atoms with Gasteiger partial charge in [0.1, 0.15) is 5.00 Å². The van der Waals surface area contributed by atoms with Crippen molar-refractivity contribution in [1.82, 2.24) is 0 Å². The number of thiophene rings is 1. The smallest absolute Gasteiger partial charge is 0.341 e. The van der Waals surface area contributed by atoms with Gasteiger partial charge in [-0.2, -0.15) is 0 Å². The van der Waals surface area contributed by atoms with Crippen LogP contribution in [0.15, 0.2) is 0 Å². The Morgan fingerprint density at radius 3 is 2.54 bits per heavy atom. The summed E-state index contributed by atoms with van der Waals surface area (Å²) >= 11 is 1.59. The van der Waals surface area contributed by atoms with Crippen LogP contribution in [-0.2, 0) is 22.4 Å². The van der Waals surface area contributed by atoms with Gasteiger partial charge in [-0.25, -0.2) is 4.79 Å². The topological polar surface area (TPSA) is 55.4 Å². The van der Waals surface area contributed by atoms with Gasteiger partial charge in [0.05, 0.1) is 12.2 Å². The van der Waals surface area contributed by atoms with Crippen LogP contribution in [0, 0.1) is 5.92 Å². The molecule has 1 aromatic rings. The van der Waals surface area contributed by atoms with E-state index in [0.29, 0.717) is 12.2 Å². The van der Waals surface area contributed by atoms with E-state index in [1.165, 1.54) is 17.7 Å². The van der Waals surface area contributed by atoms with E-state index in [2.05, 4.69) is 5.32 Å². The molecule has 0 unspecified atom stereocenters. The number of anilines is 1. The molecule has 0 aliphatic heterocycles. The Balaban J connectivity index is 1.85. The molecular formula is C19H27NO3S. The van der Waals surface area contributed by atoms with Gasteiger partial charge in [-0.05, 0) is 51.0 Å². The molecule has 0 saturated heterocycles. The number of rotatable bonds is 4. The number of amides is 1. The molecule has 1 heterocycles. The van der Waals surface area contributed by atoms with Gasteiger partial charge in [0, 0.05) is 10.8 Å². The second-order valence-electron chi connectivity index (χ2n) is 6.81. The Kier molecular flexibility index (Phi) is 5.93. The van der Waals surface area contributed by atoms with Crippen LogP contribution in [0.25, 0.3) is 0 Å². The molecule has 3 rings (SSSR count). The largest absolute Gasteiger partial charge is 0.462 e. The number of hydrogen-bond acceptors (Lipinski definition) is 4. The molecule has 0 atom stereocenters. The predicted octanol–water partition coefficient (Wildman–Crippen LogP) is 4.71. The second-order valence-corrected chi connectivity index (χ2v) is 7.92. The Labute approximate surface area is 148 Å². The van der Waals surface area contributed by atoms with Crippen LogP contribution in [0.3, 0.4) is 0 Å². The van der Waals surface area contributed by atoms with Crippen molar-refractivity contribution in [2.24, 2.45) is 5.92 Å². The van der Waals surface area contributed by atoms with Crippen LogP contribution in [0.4, 0.5) is 5.00 Å². The number of nitrogens with one attached hydrogen (secondary N) is 1. The van der Waals surface area contributed by atoms with Crippen molar-refractivity contribution in [3.05, 3.63) is 16.0 Å². The fourth-order valence-electron chi connectivity index (χ4n) is 3.83. The molecule has 1 N–H and O–H groups in total. The van der Waals surface area contributed by atoms with Crippen molar-refractivity contribution in [2.75, 3.05) is 11.9 Å². The molecule has 4 nitrogen and oxygen atoms in total. The monoisotopic (exact) mass is 349 g/mol. The molecule has 24 heavy (non-hydrogen) atoms. The molecule has 0 aromatic carbocycles. The van der Waals surface area contributed by atoms with Crippen LogP contribution in [0.1, 0.15) is 79.1 Å². The SMILES string of the molecule is CCOC(=O)c1c(NC(=O)C2CCCCC2)sc2c1CCCCC2. The number of carbonyl (C=O) groups excluding carboxylic acids is 2. The summed E-state index contributed by atoms with van der Waals surface area (Å²) in [6.07, 6.45) is 10.8. The molecular weight excluding hydrogens is 322 g/mol. The summed E-state index contributed by atoms with van der Waals surface area (Å²) in [4.78, 5) is 26.4. The van der Waals surface area contributed by atoms with Gasteiger partial charge in [-0.3, -0.25) is 4.79 Å². The normalized spacial score (nSPS) is 18.5. The lowest BCUT2D eigenvalue weighted by molar-refractivity contribution is -0.120. The first kappa shape index (κ1) is 17.5. The van der Waals surface area contributed by atoms with E-state index < -0.39 is 0 Å². The van der Waals surface area contributed by atoms with Gasteiger partial charge in [-0.1, -0.05) is 25.7 Å². The summed E-state index contributed by atoms with van der Waals surface area (Å²) in [7, 11) is 0. The average molecular weight is 349 g/mol. The number of ether oxygens (including phenoxy) is 1. The summed E-state index contributed by atoms with van der Waals surface area (Å²) in [5, 5.41) is 3.79. The summed E-state index contributed by atoms with van der Waals surface area (Å²) in [6, 6.07) is 0. The maximum atomic E-state index is 12.6. The molecule has 5 heteroatoms. The van der Waals surface area contributed by atoms with Gasteiger partial charge in [-0.15, -0.1) is 11.3 Å². The van der Waals surface area contributed by atoms with E-state index in [4.69, 9.17) is 4.74 Å². The Morgan fingerprint density at radius 2 is 1.79 bits per heavy atom. The molecule has 132 valence electrons. The summed E-state index contributed by atoms with van der Waals surface area (Å²) < 4.78 is 5.28. The maximum Gasteiger partial charge on any atom is 0.341 e. The fraction of sp³-hybridized carbons (Fsp3) is 0.684. The first-order chi connectivity index (χ1) is 11.7. The van der Waals surface area contributed by atoms with Gasteiger partial charge < -0.3 is 10.1 Å². The molecule has 2 aliphatic rings. The Morgan fingerprint density at radius 1 is 1.08 bits per heavy atom. The van der Waals surface area contributed by atoms with Crippen molar-refractivity contribution >= 4 is 28.2 Å². The molecule has 1 aromatic heterocycles. The quantitative estimate of drug-likeness (QED) is 0.632. The highest BCUT2D eigenvalue weighted by Crippen LogP contribution is 2.38. The number of fused-ring (bicyclic) bond motifs is 1. The number of aryl methyl sites for hydroxylation is 1. The van der Waals surface area contributed by atoms with Crippen molar-refractivity contribution in [2.45, 2.75) is 71.1 Å². The Hall–Kier alpha value is -1.36. The first-order valence-electron chi connectivity index (χ1n) is 9.33. The van der Waals surface area contributed by atoms with E-state index in [9.17, 15) is 9.59 Å². The minimum atomic E-state index is -0.282. The van der Waals surface area contributed by atoms with E-state index >= 15 is 0 Å². The molecule has 0 spiro atoms. The molecule has 0 radical (unpaired) electrons. The lowest BCUT2D eigenvalue weighted by Gasteiger charge is -2.20. The number of carbonyl (C=O) groups is 2. The van der Waals surface area contributed by atoms with Crippen LogP contribution < -0.4 is 5.32 Å². The predicted molar refractivity (Wildman–Crippen MR) is 96.7 cm³/mol. The standard InChI is InChI=1S/C19H27NO3S/c1-2-23-19(22)16-14-11-7-4-8-12-15(14)24-18(16)20-17(21)13-9-5-3-6-10-13/h13H,2-12H2,1H3,(H,20,21). The summed E-state index contributed by atoms with van der Waals surface area (Å²) in [6.45, 7) is 2.18. The molecule has 1 saturated carbocycles. The molecule has 0 bridgehead atoms. The molecule has 1 amide bonds. The fourth-order valence-corrected chi connectivity index (χ4v) is 5.11. The molecule has 1 fully saturated rings. The first-order valence-corrected chi connectivity index (χ1v) is 10.1. The van der Waals surface area contributed by atoms with Gasteiger partial charge in [0.25, 0.3) is 0 Å². The highest BCUT2D eigenvalue weighted by molar-refractivity contribution is 7.17. The number of hydrogen-bond donors (Lipinski definition) is 1. The van der Waals surface area contributed by atoms with Crippen LogP contribution in [0.2, 0.25) is 0 Å². The van der Waals surface area contributed by atoms with Crippen molar-refractivity contribution in [1.29, 1.82) is 0 Å². The molecule has 2 aliphatic carbocycles. The maximum absolute atomic E-state index is 12.6. The van der Waals surface area contributed by atoms with E-state index in [1.807, 2.05) is 6.92 Å². The lowest BCUT2D eigenvalue weighted by Crippen LogP contribution is -2.25. The van der Waals surface area contributed by atoms with Crippen molar-refractivity contribution in [3.63, 3.8) is 0 Å². The van der Waals surface area contributed by atoms with Crippen molar-refractivity contribution in [3.8, 4) is 0 Å². The third kappa shape index (κ3) is 3.82. The van der Waals surface area contributed by atoms with Gasteiger partial charge in [0.15, 0.2) is 0 Å². The lowest BCUT2D eigenvalue weighted by atomic mass is 9.88. The third-order valence-electron chi connectivity index (χ3n) is 5.11. The van der Waals surface area contributed by atoms with Crippen LogP contribution >= 0.6 is 11.3 Å². The minimum absolute atomic E-state index is 0.0802. The number of esters is 1. The minimum Gasteiger partial charge on any atom is -0.462 e. The highest BCUT2D eigenvalue weighted by atomic mass is 32.1. The van der Waals surface area contributed by atoms with E-state index in [1.54, 1.807) is 11.3 Å². The Bertz CT molecular complexity index is 602. The third-order valence-corrected chi connectivity index (χ3v) is 6.32. The van der Waals surface area contributed by atoms with Gasteiger partial charge in [0.2, 0.25) is 5.91 Å². The summed E-state index contributed by atoms with van der Waals surface area (Å²) in [5.41, 5.74) is 1.75. The van der Waals surface area contributed by atoms with Gasteiger partial charge >= 0.3 is 5.97 Å². The van der Waals surface area contributed by atoms with Crippen molar-refractivity contribution < 1.29 is 14.3 Å². The van der Waals surface area contributed by atoms with E-state index in [-0.39, 0.29) is 17.8 Å². The van der Waals surface area contributed by atoms with Crippen LogP contribution in [-0.4, -0.2) is 18.5 Å². The zero-order valence-electron chi connectivity index (χ0n) is 14.5. The zero-order chi connectivity index (χ0) is 16.9. The summed E-state index contributed by atoms with van der Waals surface area (Å²) in [5.74, 6) is -0.108. The highest BCUT2D eigenvalue weighted by Gasteiger charge is 2.28. The van der Waals surface area contributed by atoms with E-state index in [0.717, 1.165) is 61.9 Å². The van der Waals surface area contributed by atoms with Crippen LogP contribution in [0.5, 0.6) is 0 Å². The second kappa shape index (κ2) is 8.15. The zero-order valence-corrected chi connectivity index (χ0v) is 15.3. The average Bonchev–Trinajstić information content (AvgIpc) is 2.76.